The lowest BCUT2D eigenvalue weighted by Gasteiger charge is -2.42. The highest BCUT2D eigenvalue weighted by atomic mass is 32.2. The maximum absolute atomic E-state index is 12.2. The second kappa shape index (κ2) is 4.81. The molecule has 0 saturated carbocycles. The number of carbonyl (C=O) groups excluding carboxylic acids is 1. The number of rotatable bonds is 3. The molecular weight excluding hydrogens is 254 g/mol. The van der Waals surface area contributed by atoms with Crippen molar-refractivity contribution in [2.45, 2.75) is 19.8 Å². The molecule has 2 aliphatic rings. The summed E-state index contributed by atoms with van der Waals surface area (Å²) in [4.78, 5) is 14.1. The lowest BCUT2D eigenvalue weighted by molar-refractivity contribution is -0.170. The summed E-state index contributed by atoms with van der Waals surface area (Å²) < 4.78 is 27.6. The first-order chi connectivity index (χ1) is 8.30. The Hall–Kier alpha value is -0.620. The van der Waals surface area contributed by atoms with E-state index in [-0.39, 0.29) is 23.0 Å². The van der Waals surface area contributed by atoms with Gasteiger partial charge in [0.15, 0.2) is 0 Å². The van der Waals surface area contributed by atoms with Gasteiger partial charge in [-0.2, -0.15) is 0 Å². The fraction of sp³-hybridized carbons (Fsp3) is 0.917. The zero-order valence-corrected chi connectivity index (χ0v) is 11.8. The molecule has 0 aromatic rings. The maximum atomic E-state index is 12.2. The van der Waals surface area contributed by atoms with Crippen LogP contribution < -0.4 is 0 Å². The Morgan fingerprint density at radius 1 is 1.33 bits per heavy atom. The van der Waals surface area contributed by atoms with Gasteiger partial charge in [0.2, 0.25) is 5.91 Å². The summed E-state index contributed by atoms with van der Waals surface area (Å²) in [5, 5.41) is 0. The summed E-state index contributed by atoms with van der Waals surface area (Å²) in [7, 11) is -2.91. The zero-order chi connectivity index (χ0) is 13.4. The van der Waals surface area contributed by atoms with Crippen molar-refractivity contribution < 1.29 is 17.9 Å². The highest BCUT2D eigenvalue weighted by Crippen LogP contribution is 2.31. The third-order valence-corrected chi connectivity index (χ3v) is 4.87. The van der Waals surface area contributed by atoms with Crippen LogP contribution >= 0.6 is 0 Å². The smallest absolute Gasteiger partial charge is 0.233 e. The summed E-state index contributed by atoms with van der Waals surface area (Å²) in [6.07, 6.45) is 2.85. The molecule has 2 rings (SSSR count). The quantitative estimate of drug-likeness (QED) is 0.743. The van der Waals surface area contributed by atoms with Crippen LogP contribution in [0.4, 0.5) is 0 Å². The Bertz CT molecular complexity index is 419. The van der Waals surface area contributed by atoms with Gasteiger partial charge in [0, 0.05) is 19.3 Å². The molecule has 0 unspecified atom stereocenters. The predicted molar refractivity (Wildman–Crippen MR) is 67.9 cm³/mol. The topological polar surface area (TPSA) is 63.7 Å². The second-order valence-corrected chi connectivity index (χ2v) is 8.07. The molecular formula is C12H21NO4S. The van der Waals surface area contributed by atoms with E-state index in [1.165, 1.54) is 6.26 Å². The molecule has 0 atom stereocenters. The van der Waals surface area contributed by atoms with Crippen LogP contribution in [0.3, 0.4) is 0 Å². The largest absolute Gasteiger partial charge is 0.379 e. The van der Waals surface area contributed by atoms with Crippen LogP contribution in [-0.2, 0) is 19.4 Å². The number of amides is 1. The molecule has 0 aromatic carbocycles. The number of piperidine rings is 1. The van der Waals surface area contributed by atoms with Crippen molar-refractivity contribution in [1.82, 2.24) is 4.90 Å². The first-order valence-electron chi connectivity index (χ1n) is 6.35. The van der Waals surface area contributed by atoms with Crippen molar-refractivity contribution in [2.75, 3.05) is 38.3 Å². The van der Waals surface area contributed by atoms with Gasteiger partial charge in [0.25, 0.3) is 0 Å². The third kappa shape index (κ3) is 3.03. The van der Waals surface area contributed by atoms with Crippen LogP contribution in [-0.4, -0.2) is 57.5 Å². The van der Waals surface area contributed by atoms with Crippen molar-refractivity contribution in [3.05, 3.63) is 0 Å². The van der Waals surface area contributed by atoms with Crippen LogP contribution in [0.2, 0.25) is 0 Å². The Morgan fingerprint density at radius 2 is 1.89 bits per heavy atom. The number of likely N-dealkylation sites (tertiary alicyclic amines) is 1. The van der Waals surface area contributed by atoms with Gasteiger partial charge in [-0.15, -0.1) is 0 Å². The molecule has 18 heavy (non-hydrogen) atoms. The molecule has 6 heteroatoms. The molecule has 2 heterocycles. The minimum atomic E-state index is -2.91. The molecule has 2 aliphatic heterocycles. The first kappa shape index (κ1) is 13.8. The number of sulfone groups is 1. The SMILES string of the molecule is CC1(C(=O)N2CCC(CS(C)(=O)=O)CC2)COC1. The Balaban J connectivity index is 1.85. The standard InChI is InChI=1S/C12H21NO4S/c1-12(8-17-9-12)11(14)13-5-3-10(4-6-13)7-18(2,15)16/h10H,3-9H2,1-2H3. The molecule has 0 aromatic heterocycles. The van der Waals surface area contributed by atoms with Crippen molar-refractivity contribution in [2.24, 2.45) is 11.3 Å². The monoisotopic (exact) mass is 275 g/mol. The summed E-state index contributed by atoms with van der Waals surface area (Å²) in [6.45, 7) is 4.30. The van der Waals surface area contributed by atoms with E-state index in [1.807, 2.05) is 11.8 Å². The molecule has 1 amide bonds. The molecule has 2 fully saturated rings. The van der Waals surface area contributed by atoms with Crippen LogP contribution in [0.15, 0.2) is 0 Å². The van der Waals surface area contributed by atoms with E-state index in [0.717, 1.165) is 12.8 Å². The van der Waals surface area contributed by atoms with Crippen molar-refractivity contribution in [3.63, 3.8) is 0 Å². The Labute approximate surface area is 108 Å². The van der Waals surface area contributed by atoms with Crippen molar-refractivity contribution in [1.29, 1.82) is 0 Å². The highest BCUT2D eigenvalue weighted by molar-refractivity contribution is 7.90. The maximum Gasteiger partial charge on any atom is 0.233 e. The van der Waals surface area contributed by atoms with Gasteiger partial charge >= 0.3 is 0 Å². The van der Waals surface area contributed by atoms with Gasteiger partial charge in [-0.25, -0.2) is 8.42 Å². The Kier molecular flexibility index (Phi) is 3.69. The van der Waals surface area contributed by atoms with E-state index in [9.17, 15) is 13.2 Å². The second-order valence-electron chi connectivity index (χ2n) is 5.88. The summed E-state index contributed by atoms with van der Waals surface area (Å²) in [6, 6.07) is 0. The predicted octanol–water partition coefficient (Wildman–Crippen LogP) is 0.306. The zero-order valence-electron chi connectivity index (χ0n) is 11.0. The molecule has 104 valence electrons. The van der Waals surface area contributed by atoms with E-state index < -0.39 is 9.84 Å². The number of hydrogen-bond acceptors (Lipinski definition) is 4. The minimum Gasteiger partial charge on any atom is -0.379 e. The molecule has 5 nitrogen and oxygen atoms in total. The van der Waals surface area contributed by atoms with Crippen molar-refractivity contribution in [3.8, 4) is 0 Å². The lowest BCUT2D eigenvalue weighted by atomic mass is 9.85. The molecule has 0 aliphatic carbocycles. The van der Waals surface area contributed by atoms with Crippen LogP contribution in [0.1, 0.15) is 19.8 Å². The van der Waals surface area contributed by atoms with E-state index in [1.54, 1.807) is 0 Å². The number of nitrogens with zero attached hydrogens (tertiary/aromatic N) is 1. The summed E-state index contributed by atoms with van der Waals surface area (Å²) in [5.41, 5.74) is -0.344. The summed E-state index contributed by atoms with van der Waals surface area (Å²) >= 11 is 0. The van der Waals surface area contributed by atoms with E-state index in [0.29, 0.717) is 26.3 Å². The molecule has 0 bridgehead atoms. The van der Waals surface area contributed by atoms with Gasteiger partial charge in [-0.1, -0.05) is 0 Å². The van der Waals surface area contributed by atoms with Gasteiger partial charge in [0.1, 0.15) is 9.84 Å². The van der Waals surface area contributed by atoms with Crippen LogP contribution in [0.5, 0.6) is 0 Å². The van der Waals surface area contributed by atoms with E-state index in [2.05, 4.69) is 0 Å². The number of hydrogen-bond donors (Lipinski definition) is 0. The minimum absolute atomic E-state index is 0.159. The molecule has 2 saturated heterocycles. The van der Waals surface area contributed by atoms with Gasteiger partial charge in [0.05, 0.1) is 24.4 Å². The normalized spacial score (nSPS) is 24.7. The average Bonchev–Trinajstić information content (AvgIpc) is 2.24. The third-order valence-electron chi connectivity index (χ3n) is 3.80. The highest BCUT2D eigenvalue weighted by Gasteiger charge is 2.44. The molecule has 0 spiro atoms. The first-order valence-corrected chi connectivity index (χ1v) is 8.41. The van der Waals surface area contributed by atoms with E-state index >= 15 is 0 Å². The van der Waals surface area contributed by atoms with Crippen LogP contribution in [0.25, 0.3) is 0 Å². The Morgan fingerprint density at radius 3 is 2.28 bits per heavy atom. The van der Waals surface area contributed by atoms with Crippen LogP contribution in [0, 0.1) is 11.3 Å². The number of carbonyl (C=O) groups is 1. The molecule has 0 radical (unpaired) electrons. The fourth-order valence-corrected chi connectivity index (χ4v) is 3.83. The molecule has 0 N–H and O–H groups in total. The average molecular weight is 275 g/mol. The lowest BCUT2D eigenvalue weighted by Crippen LogP contribution is -2.55. The van der Waals surface area contributed by atoms with Gasteiger partial charge in [-0.3, -0.25) is 4.79 Å². The van der Waals surface area contributed by atoms with Crippen molar-refractivity contribution >= 4 is 15.7 Å². The number of ether oxygens (including phenoxy) is 1. The van der Waals surface area contributed by atoms with Gasteiger partial charge < -0.3 is 9.64 Å². The summed E-state index contributed by atoms with van der Waals surface area (Å²) in [5.74, 6) is 0.608. The van der Waals surface area contributed by atoms with Gasteiger partial charge in [-0.05, 0) is 25.7 Å². The van der Waals surface area contributed by atoms with E-state index in [4.69, 9.17) is 4.74 Å². The fourth-order valence-electron chi connectivity index (χ4n) is 2.64.